The number of fused-ring (bicyclic) bond motifs is 1. The number of carbonyl (C=O) groups is 2. The highest BCUT2D eigenvalue weighted by Crippen LogP contribution is 2.44. The van der Waals surface area contributed by atoms with Gasteiger partial charge in [0.05, 0.1) is 12.7 Å². The summed E-state index contributed by atoms with van der Waals surface area (Å²) in [5.41, 5.74) is 4.69. The minimum atomic E-state index is -0.460. The summed E-state index contributed by atoms with van der Waals surface area (Å²) in [6.45, 7) is 2.03. The molecular formula is C29H27NO4. The Kier molecular flexibility index (Phi) is 5.93. The Hall–Kier alpha value is -3.86. The summed E-state index contributed by atoms with van der Waals surface area (Å²) in [6.07, 6.45) is 2.11. The molecule has 0 saturated heterocycles. The number of hydrogen-bond donors (Lipinski definition) is 1. The summed E-state index contributed by atoms with van der Waals surface area (Å²) in [7, 11) is 1.61. The van der Waals surface area contributed by atoms with Gasteiger partial charge in [0.2, 0.25) is 0 Å². The first-order valence-corrected chi connectivity index (χ1v) is 11.6. The summed E-state index contributed by atoms with van der Waals surface area (Å²) >= 11 is 0. The number of ketones is 1. The summed E-state index contributed by atoms with van der Waals surface area (Å²) in [4.78, 5) is 26.7. The maximum absolute atomic E-state index is 13.5. The van der Waals surface area contributed by atoms with E-state index in [1.54, 1.807) is 7.11 Å². The fourth-order valence-corrected chi connectivity index (χ4v) is 5.02. The molecule has 5 rings (SSSR count). The van der Waals surface area contributed by atoms with Gasteiger partial charge in [-0.05, 0) is 53.8 Å². The second-order valence-electron chi connectivity index (χ2n) is 8.76. The zero-order chi connectivity index (χ0) is 23.7. The fraction of sp³-hybridized carbons (Fsp3) is 0.241. The van der Waals surface area contributed by atoms with Gasteiger partial charge >= 0.3 is 5.97 Å². The van der Waals surface area contributed by atoms with Crippen LogP contribution in [0, 0.1) is 0 Å². The third-order valence-electron chi connectivity index (χ3n) is 6.66. The molecular weight excluding hydrogens is 426 g/mol. The molecule has 1 heterocycles. The Morgan fingerprint density at radius 2 is 1.76 bits per heavy atom. The molecule has 1 aliphatic carbocycles. The Bertz CT molecular complexity index is 1330. The van der Waals surface area contributed by atoms with Gasteiger partial charge in [0, 0.05) is 29.3 Å². The van der Waals surface area contributed by atoms with Crippen LogP contribution in [0.2, 0.25) is 0 Å². The number of Topliss-reactive ketones (excluding diaryl/α,β-unsaturated/α-hetero) is 1. The molecule has 172 valence electrons. The van der Waals surface area contributed by atoms with Crippen molar-refractivity contribution in [3.05, 3.63) is 100 Å². The molecule has 3 aromatic rings. The average Bonchev–Trinajstić information content (AvgIpc) is 2.86. The van der Waals surface area contributed by atoms with Crippen LogP contribution in [0.1, 0.15) is 43.2 Å². The molecule has 0 aromatic heterocycles. The molecule has 0 radical (unpaired) electrons. The van der Waals surface area contributed by atoms with Crippen LogP contribution in [0.15, 0.2) is 89.3 Å². The number of rotatable bonds is 5. The Morgan fingerprint density at radius 3 is 2.56 bits per heavy atom. The zero-order valence-electron chi connectivity index (χ0n) is 19.4. The summed E-state index contributed by atoms with van der Waals surface area (Å²) in [5.74, 6) is -0.0294. The zero-order valence-corrected chi connectivity index (χ0v) is 19.4. The van der Waals surface area contributed by atoms with Gasteiger partial charge in [-0.15, -0.1) is 0 Å². The van der Waals surface area contributed by atoms with E-state index in [4.69, 9.17) is 9.47 Å². The van der Waals surface area contributed by atoms with Crippen LogP contribution in [0.25, 0.3) is 10.8 Å². The molecule has 5 heteroatoms. The van der Waals surface area contributed by atoms with Crippen molar-refractivity contribution in [1.29, 1.82) is 0 Å². The van der Waals surface area contributed by atoms with Crippen molar-refractivity contribution >= 4 is 22.5 Å². The van der Waals surface area contributed by atoms with Gasteiger partial charge in [-0.2, -0.15) is 0 Å². The number of hydrogen-bond acceptors (Lipinski definition) is 5. The smallest absolute Gasteiger partial charge is 0.337 e. The van der Waals surface area contributed by atoms with Crippen LogP contribution in [0.4, 0.5) is 0 Å². The Labute approximate surface area is 199 Å². The molecule has 0 spiro atoms. The van der Waals surface area contributed by atoms with Crippen molar-refractivity contribution in [3.8, 4) is 5.75 Å². The van der Waals surface area contributed by atoms with Crippen LogP contribution < -0.4 is 10.1 Å². The lowest BCUT2D eigenvalue weighted by Gasteiger charge is -2.34. The van der Waals surface area contributed by atoms with Gasteiger partial charge in [-0.3, -0.25) is 4.79 Å². The molecule has 0 saturated carbocycles. The van der Waals surface area contributed by atoms with E-state index in [9.17, 15) is 9.59 Å². The average molecular weight is 454 g/mol. The standard InChI is InChI=1S/C29H27NO4/c1-18-26(29(32)34-17-19-13-15-21(33-2)16-14-19)27(28-24(30-18)11-6-12-25(28)31)23-10-5-8-20-7-3-4-9-22(20)23/h3-5,7-10,13-16,27,30H,6,11-12,17H2,1-2H3/t27-/m0/s1. The first kappa shape index (κ1) is 22.0. The number of nitrogens with one attached hydrogen (secondary N) is 1. The number of ether oxygens (including phenoxy) is 2. The highest BCUT2D eigenvalue weighted by atomic mass is 16.5. The quantitative estimate of drug-likeness (QED) is 0.513. The van der Waals surface area contributed by atoms with Gasteiger partial charge in [-0.1, -0.05) is 54.6 Å². The van der Waals surface area contributed by atoms with Gasteiger partial charge in [0.1, 0.15) is 12.4 Å². The van der Waals surface area contributed by atoms with E-state index in [1.807, 2.05) is 55.5 Å². The number of benzene rings is 3. The Balaban J connectivity index is 1.55. The maximum Gasteiger partial charge on any atom is 0.337 e. The highest BCUT2D eigenvalue weighted by molar-refractivity contribution is 6.05. The molecule has 0 fully saturated rings. The van der Waals surface area contributed by atoms with Gasteiger partial charge < -0.3 is 14.8 Å². The van der Waals surface area contributed by atoms with Crippen LogP contribution in [-0.2, 0) is 20.9 Å². The number of esters is 1. The normalized spacial score (nSPS) is 17.9. The molecule has 1 atom stereocenters. The molecule has 3 aromatic carbocycles. The van der Waals surface area contributed by atoms with E-state index in [1.165, 1.54) is 0 Å². The maximum atomic E-state index is 13.5. The fourth-order valence-electron chi connectivity index (χ4n) is 5.02. The van der Waals surface area contributed by atoms with Gasteiger partial charge in [0.25, 0.3) is 0 Å². The topological polar surface area (TPSA) is 64.6 Å². The second-order valence-corrected chi connectivity index (χ2v) is 8.76. The van der Waals surface area contributed by atoms with E-state index >= 15 is 0 Å². The van der Waals surface area contributed by atoms with E-state index in [0.29, 0.717) is 17.6 Å². The number of allylic oxidation sites excluding steroid dienone is 3. The van der Waals surface area contributed by atoms with Crippen molar-refractivity contribution in [2.45, 2.75) is 38.7 Å². The van der Waals surface area contributed by atoms with Crippen molar-refractivity contribution in [2.24, 2.45) is 0 Å². The highest BCUT2D eigenvalue weighted by Gasteiger charge is 2.39. The van der Waals surface area contributed by atoms with E-state index in [-0.39, 0.29) is 12.4 Å². The summed E-state index contributed by atoms with van der Waals surface area (Å²) in [5, 5.41) is 5.48. The molecule has 1 aliphatic heterocycles. The Morgan fingerprint density at radius 1 is 1.00 bits per heavy atom. The predicted molar refractivity (Wildman–Crippen MR) is 131 cm³/mol. The monoisotopic (exact) mass is 453 g/mol. The minimum Gasteiger partial charge on any atom is -0.497 e. The van der Waals surface area contributed by atoms with Crippen molar-refractivity contribution in [2.75, 3.05) is 7.11 Å². The molecule has 2 aliphatic rings. The van der Waals surface area contributed by atoms with Crippen LogP contribution >= 0.6 is 0 Å². The van der Waals surface area contributed by atoms with E-state index in [2.05, 4.69) is 23.5 Å². The van der Waals surface area contributed by atoms with E-state index < -0.39 is 11.9 Å². The SMILES string of the molecule is COc1ccc(COC(=O)C2=C(C)NC3=C(C(=O)CCC3)[C@H]2c2cccc3ccccc23)cc1. The first-order valence-electron chi connectivity index (χ1n) is 11.6. The lowest BCUT2D eigenvalue weighted by Crippen LogP contribution is -2.34. The number of carbonyl (C=O) groups excluding carboxylic acids is 2. The van der Waals surface area contributed by atoms with Crippen molar-refractivity contribution in [3.63, 3.8) is 0 Å². The number of methoxy groups -OCH3 is 1. The predicted octanol–water partition coefficient (Wildman–Crippen LogP) is 5.56. The third kappa shape index (κ3) is 3.98. The lowest BCUT2D eigenvalue weighted by molar-refractivity contribution is -0.140. The van der Waals surface area contributed by atoms with Gasteiger partial charge in [0.15, 0.2) is 5.78 Å². The molecule has 0 bridgehead atoms. The third-order valence-corrected chi connectivity index (χ3v) is 6.66. The minimum absolute atomic E-state index is 0.0969. The van der Waals surface area contributed by atoms with Crippen molar-refractivity contribution < 1.29 is 19.1 Å². The van der Waals surface area contributed by atoms with Crippen LogP contribution in [-0.4, -0.2) is 18.9 Å². The van der Waals surface area contributed by atoms with Crippen LogP contribution in [0.5, 0.6) is 5.75 Å². The van der Waals surface area contributed by atoms with E-state index in [0.717, 1.165) is 51.9 Å². The molecule has 34 heavy (non-hydrogen) atoms. The molecule has 1 N–H and O–H groups in total. The lowest BCUT2D eigenvalue weighted by atomic mass is 9.74. The summed E-state index contributed by atoms with van der Waals surface area (Å²) < 4.78 is 11.0. The molecule has 0 amide bonds. The first-order chi connectivity index (χ1) is 16.6. The number of dihydropyridines is 1. The molecule has 0 unspecified atom stereocenters. The largest absolute Gasteiger partial charge is 0.497 e. The second kappa shape index (κ2) is 9.18. The van der Waals surface area contributed by atoms with Crippen LogP contribution in [0.3, 0.4) is 0 Å². The van der Waals surface area contributed by atoms with Crippen molar-refractivity contribution in [1.82, 2.24) is 5.32 Å². The summed E-state index contributed by atoms with van der Waals surface area (Å²) in [6, 6.07) is 21.6. The molecule has 5 nitrogen and oxygen atoms in total. The van der Waals surface area contributed by atoms with Gasteiger partial charge in [-0.25, -0.2) is 4.79 Å².